The van der Waals surface area contributed by atoms with Crippen molar-refractivity contribution in [3.05, 3.63) is 52.8 Å². The predicted octanol–water partition coefficient (Wildman–Crippen LogP) is 2.63. The van der Waals surface area contributed by atoms with Gasteiger partial charge in [-0.2, -0.15) is 0 Å². The highest BCUT2D eigenvalue weighted by Crippen LogP contribution is 2.52. The first kappa shape index (κ1) is 19.1. The highest BCUT2D eigenvalue weighted by atomic mass is 16.5. The number of allylic oxidation sites excluding steroid dienone is 3. The summed E-state index contributed by atoms with van der Waals surface area (Å²) in [6.07, 6.45) is 3.53. The molecule has 0 fully saturated rings. The maximum atomic E-state index is 12.3. The SMILES string of the molecule is CCC(=O)OC1=CC2=C3c4ccc(OC(=O)CC)cc4OCC3(O)CC2=CC1=O. The van der Waals surface area contributed by atoms with Crippen molar-refractivity contribution in [2.45, 2.75) is 38.7 Å². The van der Waals surface area contributed by atoms with Gasteiger partial charge in [0.2, 0.25) is 5.78 Å². The number of fused-ring (bicyclic) bond motifs is 4. The molecule has 0 amide bonds. The molecule has 0 saturated carbocycles. The molecular formula is C22H20O7. The van der Waals surface area contributed by atoms with Gasteiger partial charge >= 0.3 is 11.9 Å². The Hall–Kier alpha value is -3.19. The summed E-state index contributed by atoms with van der Waals surface area (Å²) in [7, 11) is 0. The van der Waals surface area contributed by atoms with Gasteiger partial charge in [0, 0.05) is 36.5 Å². The fraction of sp³-hybridized carbons (Fsp3) is 0.318. The second kappa shape index (κ2) is 7.00. The van der Waals surface area contributed by atoms with Crippen molar-refractivity contribution in [2.24, 2.45) is 0 Å². The van der Waals surface area contributed by atoms with Gasteiger partial charge in [0.05, 0.1) is 0 Å². The smallest absolute Gasteiger partial charge is 0.311 e. The molecule has 1 atom stereocenters. The van der Waals surface area contributed by atoms with E-state index in [2.05, 4.69) is 0 Å². The van der Waals surface area contributed by atoms with Crippen LogP contribution < -0.4 is 9.47 Å². The fourth-order valence-corrected chi connectivity index (χ4v) is 3.72. The van der Waals surface area contributed by atoms with E-state index in [1.807, 2.05) is 0 Å². The number of rotatable bonds is 4. The quantitative estimate of drug-likeness (QED) is 0.617. The third-order valence-electron chi connectivity index (χ3n) is 5.11. The average Bonchev–Trinajstić information content (AvgIpc) is 2.99. The largest absolute Gasteiger partial charge is 0.489 e. The van der Waals surface area contributed by atoms with Gasteiger partial charge in [-0.1, -0.05) is 13.8 Å². The molecular weight excluding hydrogens is 376 g/mol. The van der Waals surface area contributed by atoms with E-state index in [1.165, 1.54) is 12.2 Å². The zero-order valence-corrected chi connectivity index (χ0v) is 16.1. The molecule has 0 bridgehead atoms. The van der Waals surface area contributed by atoms with Gasteiger partial charge in [-0.05, 0) is 35.4 Å². The summed E-state index contributed by atoms with van der Waals surface area (Å²) in [6.45, 7) is 3.34. The molecule has 2 aliphatic carbocycles. The second-order valence-electron chi connectivity index (χ2n) is 7.14. The Morgan fingerprint density at radius 3 is 2.59 bits per heavy atom. The van der Waals surface area contributed by atoms with Crippen LogP contribution in [0.5, 0.6) is 11.5 Å². The topological polar surface area (TPSA) is 99.1 Å². The summed E-state index contributed by atoms with van der Waals surface area (Å²) in [6, 6.07) is 4.95. The minimum absolute atomic E-state index is 0.00649. The van der Waals surface area contributed by atoms with Gasteiger partial charge in [-0.25, -0.2) is 0 Å². The lowest BCUT2D eigenvalue weighted by molar-refractivity contribution is -0.141. The first-order valence-electron chi connectivity index (χ1n) is 9.47. The molecule has 0 aromatic heterocycles. The van der Waals surface area contributed by atoms with Crippen LogP contribution >= 0.6 is 0 Å². The normalized spacial score (nSPS) is 22.0. The molecule has 1 aliphatic heterocycles. The molecule has 4 rings (SSSR count). The Kier molecular flexibility index (Phi) is 4.62. The van der Waals surface area contributed by atoms with Crippen molar-refractivity contribution in [2.75, 3.05) is 6.61 Å². The van der Waals surface area contributed by atoms with Crippen LogP contribution in [0.25, 0.3) is 5.57 Å². The van der Waals surface area contributed by atoms with E-state index in [0.29, 0.717) is 33.8 Å². The third-order valence-corrected chi connectivity index (χ3v) is 5.11. The van der Waals surface area contributed by atoms with Crippen molar-refractivity contribution in [3.8, 4) is 11.5 Å². The molecule has 0 saturated heterocycles. The molecule has 3 aliphatic rings. The fourth-order valence-electron chi connectivity index (χ4n) is 3.72. The molecule has 29 heavy (non-hydrogen) atoms. The van der Waals surface area contributed by atoms with Crippen molar-refractivity contribution in [1.82, 2.24) is 0 Å². The molecule has 1 heterocycles. The number of ether oxygens (including phenoxy) is 3. The van der Waals surface area contributed by atoms with Crippen LogP contribution in [-0.2, 0) is 19.1 Å². The maximum absolute atomic E-state index is 12.3. The van der Waals surface area contributed by atoms with Crippen LogP contribution in [0.4, 0.5) is 0 Å². The zero-order valence-electron chi connectivity index (χ0n) is 16.1. The Morgan fingerprint density at radius 1 is 1.14 bits per heavy atom. The lowest BCUT2D eigenvalue weighted by Gasteiger charge is -2.33. The van der Waals surface area contributed by atoms with E-state index < -0.39 is 17.4 Å². The minimum atomic E-state index is -1.29. The Bertz CT molecular complexity index is 1030. The van der Waals surface area contributed by atoms with E-state index in [-0.39, 0.29) is 37.6 Å². The molecule has 0 radical (unpaired) electrons. The standard InChI is InChI=1S/C22H20O7/c1-3-19(24)28-13-5-6-14-17(8-13)27-11-22(26)10-12-7-16(23)18(29-20(25)4-2)9-15(12)21(14)22/h5-9,26H,3-4,10-11H2,1-2H3. The van der Waals surface area contributed by atoms with Crippen molar-refractivity contribution in [1.29, 1.82) is 0 Å². The van der Waals surface area contributed by atoms with Crippen LogP contribution in [-0.4, -0.2) is 35.0 Å². The summed E-state index contributed by atoms with van der Waals surface area (Å²) in [5.74, 6) is -0.508. The van der Waals surface area contributed by atoms with Crippen LogP contribution in [0.3, 0.4) is 0 Å². The molecule has 150 valence electrons. The van der Waals surface area contributed by atoms with Gasteiger partial charge < -0.3 is 19.3 Å². The average molecular weight is 396 g/mol. The number of esters is 2. The Morgan fingerprint density at radius 2 is 1.86 bits per heavy atom. The van der Waals surface area contributed by atoms with Crippen molar-refractivity contribution >= 4 is 23.3 Å². The molecule has 7 nitrogen and oxygen atoms in total. The maximum Gasteiger partial charge on any atom is 0.311 e. The first-order valence-corrected chi connectivity index (χ1v) is 9.47. The van der Waals surface area contributed by atoms with Crippen LogP contribution in [0, 0.1) is 0 Å². The van der Waals surface area contributed by atoms with Crippen LogP contribution in [0.2, 0.25) is 0 Å². The van der Waals surface area contributed by atoms with E-state index >= 15 is 0 Å². The lowest BCUT2D eigenvalue weighted by Crippen LogP contribution is -2.38. The number of carbonyl (C=O) groups excluding carboxylic acids is 3. The molecule has 1 aromatic carbocycles. The number of ketones is 1. The van der Waals surface area contributed by atoms with E-state index in [0.717, 1.165) is 0 Å². The van der Waals surface area contributed by atoms with Crippen LogP contribution in [0.15, 0.2) is 47.3 Å². The molecule has 1 aromatic rings. The highest BCUT2D eigenvalue weighted by Gasteiger charge is 2.47. The van der Waals surface area contributed by atoms with Gasteiger partial charge in [-0.3, -0.25) is 14.4 Å². The Labute approximate surface area is 167 Å². The lowest BCUT2D eigenvalue weighted by atomic mass is 9.87. The van der Waals surface area contributed by atoms with Gasteiger partial charge in [-0.15, -0.1) is 0 Å². The van der Waals surface area contributed by atoms with E-state index in [9.17, 15) is 19.5 Å². The highest BCUT2D eigenvalue weighted by molar-refractivity contribution is 6.08. The summed E-state index contributed by atoms with van der Waals surface area (Å²) >= 11 is 0. The number of carbonyl (C=O) groups is 3. The Balaban J connectivity index is 1.79. The van der Waals surface area contributed by atoms with E-state index in [4.69, 9.17) is 14.2 Å². The second-order valence-corrected chi connectivity index (χ2v) is 7.14. The number of hydrogen-bond acceptors (Lipinski definition) is 7. The third kappa shape index (κ3) is 3.27. The zero-order chi connectivity index (χ0) is 20.8. The van der Waals surface area contributed by atoms with E-state index in [1.54, 1.807) is 32.0 Å². The molecule has 1 unspecified atom stereocenters. The molecule has 7 heteroatoms. The minimum Gasteiger partial charge on any atom is -0.489 e. The molecule has 0 spiro atoms. The summed E-state index contributed by atoms with van der Waals surface area (Å²) in [4.78, 5) is 35.5. The van der Waals surface area contributed by atoms with Gasteiger partial charge in [0.1, 0.15) is 23.7 Å². The number of benzene rings is 1. The van der Waals surface area contributed by atoms with Gasteiger partial charge in [0.15, 0.2) is 5.76 Å². The van der Waals surface area contributed by atoms with Crippen LogP contribution in [0.1, 0.15) is 38.7 Å². The monoisotopic (exact) mass is 396 g/mol. The number of aliphatic hydroxyl groups is 1. The predicted molar refractivity (Wildman–Crippen MR) is 102 cm³/mol. The van der Waals surface area contributed by atoms with Gasteiger partial charge in [0.25, 0.3) is 0 Å². The van der Waals surface area contributed by atoms with Crippen molar-refractivity contribution in [3.63, 3.8) is 0 Å². The van der Waals surface area contributed by atoms with Crippen molar-refractivity contribution < 1.29 is 33.7 Å². The first-order chi connectivity index (χ1) is 13.8. The molecule has 1 N–H and O–H groups in total. The summed E-state index contributed by atoms with van der Waals surface area (Å²) in [5.41, 5.74) is 1.27. The summed E-state index contributed by atoms with van der Waals surface area (Å²) < 4.78 is 16.1. The summed E-state index contributed by atoms with van der Waals surface area (Å²) in [5, 5.41) is 11.2. The number of hydrogen-bond donors (Lipinski definition) is 1.